The number of aromatic nitrogens is 5. The van der Waals surface area contributed by atoms with Crippen molar-refractivity contribution in [3.63, 3.8) is 0 Å². The van der Waals surface area contributed by atoms with Gasteiger partial charge >= 0.3 is 6.18 Å². The van der Waals surface area contributed by atoms with Crippen LogP contribution >= 0.6 is 0 Å². The van der Waals surface area contributed by atoms with E-state index in [-0.39, 0.29) is 24.0 Å². The number of halogens is 3. The number of anilines is 2. The first kappa shape index (κ1) is 22.7. The molecule has 1 atom stereocenters. The Hall–Kier alpha value is -4.06. The maximum absolute atomic E-state index is 13.6. The molecule has 4 aromatic heterocycles. The molecule has 0 radical (unpaired) electrons. The van der Waals surface area contributed by atoms with Gasteiger partial charge in [-0.2, -0.15) is 18.3 Å². The monoisotopic (exact) mass is 483 g/mol. The van der Waals surface area contributed by atoms with E-state index in [9.17, 15) is 18.0 Å². The molecule has 4 aromatic rings. The second kappa shape index (κ2) is 8.31. The number of carbonyl (C=O) groups is 1. The number of nitrogens with two attached hydrogens (primary N) is 1. The number of fused-ring (bicyclic) bond motifs is 3. The van der Waals surface area contributed by atoms with Crippen molar-refractivity contribution in [2.45, 2.75) is 32.4 Å². The summed E-state index contributed by atoms with van der Waals surface area (Å²) in [4.78, 5) is 27.6. The highest BCUT2D eigenvalue weighted by atomic mass is 19.4. The molecule has 180 valence electrons. The van der Waals surface area contributed by atoms with Crippen LogP contribution in [0.4, 0.5) is 24.7 Å². The first-order valence-electron chi connectivity index (χ1n) is 10.6. The largest absolute Gasteiger partial charge is 0.417 e. The third-order valence-electron chi connectivity index (χ3n) is 5.87. The van der Waals surface area contributed by atoms with Crippen LogP contribution in [0.1, 0.15) is 45.9 Å². The van der Waals surface area contributed by atoms with Gasteiger partial charge in [-0.15, -0.1) is 0 Å². The van der Waals surface area contributed by atoms with Crippen LogP contribution in [0.2, 0.25) is 0 Å². The van der Waals surface area contributed by atoms with E-state index in [1.54, 1.807) is 19.3 Å². The van der Waals surface area contributed by atoms with E-state index in [0.29, 0.717) is 29.0 Å². The summed E-state index contributed by atoms with van der Waals surface area (Å²) >= 11 is 0. The zero-order valence-electron chi connectivity index (χ0n) is 18.7. The fraction of sp³-hybridized carbons (Fsp3) is 0.261. The lowest BCUT2D eigenvalue weighted by Crippen LogP contribution is -2.31. The third-order valence-corrected chi connectivity index (χ3v) is 5.87. The molecule has 0 unspecified atom stereocenters. The molecular formula is C23H20F3N7O2. The zero-order chi connectivity index (χ0) is 24.9. The van der Waals surface area contributed by atoms with Gasteiger partial charge in [0.05, 0.1) is 54.1 Å². The Labute approximate surface area is 197 Å². The Morgan fingerprint density at radius 3 is 2.71 bits per heavy atom. The summed E-state index contributed by atoms with van der Waals surface area (Å²) in [6.07, 6.45) is 0.609. The minimum absolute atomic E-state index is 0.0827. The van der Waals surface area contributed by atoms with Crippen LogP contribution in [0.15, 0.2) is 43.0 Å². The second-order valence-corrected chi connectivity index (χ2v) is 8.23. The predicted molar refractivity (Wildman–Crippen MR) is 120 cm³/mol. The van der Waals surface area contributed by atoms with Gasteiger partial charge < -0.3 is 10.5 Å². The average molecular weight is 483 g/mol. The molecule has 35 heavy (non-hydrogen) atoms. The molecule has 0 saturated heterocycles. The number of alkyl halides is 3. The van der Waals surface area contributed by atoms with Crippen molar-refractivity contribution in [3.8, 4) is 0 Å². The highest BCUT2D eigenvalue weighted by molar-refractivity contribution is 6.06. The Bertz CT molecular complexity index is 1430. The highest BCUT2D eigenvalue weighted by Gasteiger charge is 2.31. The number of pyridine rings is 3. The summed E-state index contributed by atoms with van der Waals surface area (Å²) in [6, 6.07) is 3.81. The smallest absolute Gasteiger partial charge is 0.383 e. The van der Waals surface area contributed by atoms with Crippen molar-refractivity contribution in [2.75, 3.05) is 10.6 Å². The maximum atomic E-state index is 13.6. The fourth-order valence-corrected chi connectivity index (χ4v) is 4.10. The number of hydrogen-bond acceptors (Lipinski definition) is 7. The number of nitrogen functional groups attached to an aromatic ring is 1. The Kier molecular flexibility index (Phi) is 5.39. The maximum Gasteiger partial charge on any atom is 0.417 e. The lowest BCUT2D eigenvalue weighted by Gasteiger charge is -2.21. The Morgan fingerprint density at radius 1 is 1.26 bits per heavy atom. The van der Waals surface area contributed by atoms with Crippen LogP contribution in [0.5, 0.6) is 0 Å². The van der Waals surface area contributed by atoms with Crippen molar-refractivity contribution in [3.05, 3.63) is 71.1 Å². The molecule has 1 amide bonds. The molecule has 9 nitrogen and oxygen atoms in total. The number of hydrogen-bond donors (Lipinski definition) is 1. The van der Waals surface area contributed by atoms with Crippen LogP contribution < -0.4 is 10.6 Å². The van der Waals surface area contributed by atoms with Crippen LogP contribution in [0.25, 0.3) is 10.9 Å². The van der Waals surface area contributed by atoms with E-state index in [2.05, 4.69) is 20.1 Å². The van der Waals surface area contributed by atoms with Gasteiger partial charge in [0, 0.05) is 30.4 Å². The molecule has 5 rings (SSSR count). The first-order valence-corrected chi connectivity index (χ1v) is 10.6. The van der Waals surface area contributed by atoms with Gasteiger partial charge in [-0.1, -0.05) is 0 Å². The fourth-order valence-electron chi connectivity index (χ4n) is 4.10. The van der Waals surface area contributed by atoms with Gasteiger partial charge in [-0.25, -0.2) is 9.97 Å². The van der Waals surface area contributed by atoms with E-state index in [0.717, 1.165) is 23.4 Å². The molecule has 0 saturated carbocycles. The molecule has 12 heteroatoms. The van der Waals surface area contributed by atoms with E-state index in [1.165, 1.54) is 28.0 Å². The quantitative estimate of drug-likeness (QED) is 0.470. The second-order valence-electron chi connectivity index (χ2n) is 8.23. The van der Waals surface area contributed by atoms with Crippen molar-refractivity contribution in [1.29, 1.82) is 0 Å². The molecule has 1 aliphatic rings. The van der Waals surface area contributed by atoms with Crippen LogP contribution in [-0.2, 0) is 31.1 Å². The van der Waals surface area contributed by atoms with Crippen LogP contribution in [-0.4, -0.2) is 30.6 Å². The lowest BCUT2D eigenvalue weighted by molar-refractivity contribution is -0.137. The Balaban J connectivity index is 1.53. The van der Waals surface area contributed by atoms with E-state index >= 15 is 0 Å². The minimum Gasteiger partial charge on any atom is -0.383 e. The number of rotatable bonds is 4. The molecule has 0 fully saturated rings. The van der Waals surface area contributed by atoms with E-state index in [1.807, 2.05) is 6.92 Å². The van der Waals surface area contributed by atoms with Crippen LogP contribution in [0.3, 0.4) is 0 Å². The number of carbonyl (C=O) groups excluding carboxylic acids is 1. The lowest BCUT2D eigenvalue weighted by atomic mass is 10.0. The summed E-state index contributed by atoms with van der Waals surface area (Å²) in [5, 5.41) is 4.81. The number of amides is 1. The molecule has 0 aromatic carbocycles. The van der Waals surface area contributed by atoms with Crippen molar-refractivity contribution in [1.82, 2.24) is 24.7 Å². The summed E-state index contributed by atoms with van der Waals surface area (Å²) < 4.78 is 46.0. The summed E-state index contributed by atoms with van der Waals surface area (Å²) in [6.45, 7) is 2.13. The summed E-state index contributed by atoms with van der Waals surface area (Å²) in [7, 11) is 1.69. The van der Waals surface area contributed by atoms with E-state index in [4.69, 9.17) is 10.5 Å². The molecular weight excluding hydrogens is 463 g/mol. The normalized spacial score (nSPS) is 15.4. The molecule has 5 heterocycles. The van der Waals surface area contributed by atoms with Crippen LogP contribution in [0, 0.1) is 0 Å². The number of aryl methyl sites for hydroxylation is 1. The van der Waals surface area contributed by atoms with Gasteiger partial charge in [0.2, 0.25) is 0 Å². The highest BCUT2D eigenvalue weighted by Crippen LogP contribution is 2.38. The number of ether oxygens (including phenoxy) is 1. The van der Waals surface area contributed by atoms with Crippen molar-refractivity contribution >= 4 is 28.3 Å². The van der Waals surface area contributed by atoms with Crippen molar-refractivity contribution < 1.29 is 22.7 Å². The molecule has 1 aliphatic heterocycles. The standard InChI is InChI=1S/C23H20F3N7O2/c1-12-20-17(11-35-12)16-5-18(29-8-19(16)31-21(20)27)22(34)33(15-7-30-32(2)10-15)9-14-4-3-13(6-28-14)23(24,25)26/h3-8,10,12H,9,11H2,1-2H3,(H2,27,31)/t12-/m0/s1. The first-order chi connectivity index (χ1) is 16.6. The molecule has 0 bridgehead atoms. The topological polar surface area (TPSA) is 112 Å². The SMILES string of the molecule is C[C@@H]1OCc2c1c(N)nc1cnc(C(=O)N(Cc3ccc(C(F)(F)F)cn3)c3cnn(C)c3)cc21. The number of nitrogens with zero attached hydrogens (tertiary/aromatic N) is 6. The molecule has 2 N–H and O–H groups in total. The molecule has 0 aliphatic carbocycles. The predicted octanol–water partition coefficient (Wildman–Crippen LogP) is 3.80. The van der Waals surface area contributed by atoms with Gasteiger partial charge in [0.15, 0.2) is 0 Å². The van der Waals surface area contributed by atoms with Gasteiger partial charge in [-0.3, -0.25) is 19.4 Å². The van der Waals surface area contributed by atoms with Gasteiger partial charge in [0.25, 0.3) is 5.91 Å². The van der Waals surface area contributed by atoms with E-state index < -0.39 is 17.6 Å². The van der Waals surface area contributed by atoms with Gasteiger partial charge in [0.1, 0.15) is 11.5 Å². The summed E-state index contributed by atoms with van der Waals surface area (Å²) in [5.74, 6) is -0.108. The summed E-state index contributed by atoms with van der Waals surface area (Å²) in [5.41, 5.74) is 8.25. The third kappa shape index (κ3) is 4.16. The minimum atomic E-state index is -4.50. The van der Waals surface area contributed by atoms with Gasteiger partial charge in [-0.05, 0) is 30.7 Å². The van der Waals surface area contributed by atoms with Crippen molar-refractivity contribution in [2.24, 2.45) is 7.05 Å². The average Bonchev–Trinajstić information content (AvgIpc) is 3.43. The molecule has 0 spiro atoms. The zero-order valence-corrected chi connectivity index (χ0v) is 18.7. The Morgan fingerprint density at radius 2 is 2.06 bits per heavy atom.